The second-order valence-electron chi connectivity index (χ2n) is 4.05. The summed E-state index contributed by atoms with van der Waals surface area (Å²) in [7, 11) is 0. The maximum atomic E-state index is 6.17. The van der Waals surface area contributed by atoms with Crippen molar-refractivity contribution in [2.75, 3.05) is 12.0 Å². The van der Waals surface area contributed by atoms with Gasteiger partial charge in [-0.1, -0.05) is 15.9 Å². The molecule has 0 spiro atoms. The second kappa shape index (κ2) is 5.43. The molecule has 1 unspecified atom stereocenters. The number of benzene rings is 1. The van der Waals surface area contributed by atoms with Gasteiger partial charge in [0.05, 0.1) is 0 Å². The molecule has 1 aliphatic heterocycles. The van der Waals surface area contributed by atoms with Crippen LogP contribution in [0.3, 0.4) is 0 Å². The maximum Gasteiger partial charge on any atom is 0.124 e. The van der Waals surface area contributed by atoms with Gasteiger partial charge in [0.2, 0.25) is 0 Å². The van der Waals surface area contributed by atoms with Crippen LogP contribution in [-0.2, 0) is 0 Å². The summed E-state index contributed by atoms with van der Waals surface area (Å²) in [6.45, 7) is 0. The Balaban J connectivity index is 2.13. The Morgan fingerprint density at radius 1 is 1.56 bits per heavy atom. The highest BCUT2D eigenvalue weighted by Crippen LogP contribution is 2.36. The molecule has 1 aliphatic rings. The lowest BCUT2D eigenvalue weighted by Gasteiger charge is -2.30. The molecule has 1 heterocycles. The van der Waals surface area contributed by atoms with Gasteiger partial charge in [-0.15, -0.1) is 0 Å². The number of fused-ring (bicyclic) bond motifs is 1. The van der Waals surface area contributed by atoms with Crippen LogP contribution >= 0.6 is 27.7 Å². The van der Waals surface area contributed by atoms with Gasteiger partial charge in [-0.2, -0.15) is 11.8 Å². The van der Waals surface area contributed by atoms with Crippen molar-refractivity contribution in [3.63, 3.8) is 0 Å². The highest BCUT2D eigenvalue weighted by Gasteiger charge is 2.25. The fourth-order valence-electron chi connectivity index (χ4n) is 1.98. The molecule has 0 aliphatic carbocycles. The van der Waals surface area contributed by atoms with Crippen molar-refractivity contribution in [3.8, 4) is 5.75 Å². The van der Waals surface area contributed by atoms with Crippen LogP contribution in [0.2, 0.25) is 0 Å². The van der Waals surface area contributed by atoms with Gasteiger partial charge in [0, 0.05) is 22.5 Å². The summed E-state index contributed by atoms with van der Waals surface area (Å²) >= 11 is 5.31. The third-order valence-corrected chi connectivity index (χ3v) is 3.96. The van der Waals surface area contributed by atoms with Gasteiger partial charge < -0.3 is 10.5 Å². The lowest BCUT2D eigenvalue weighted by Crippen LogP contribution is -2.29. The van der Waals surface area contributed by atoms with Crippen molar-refractivity contribution in [2.24, 2.45) is 5.73 Å². The predicted octanol–water partition coefficient (Wildman–Crippen LogP) is 3.35. The lowest BCUT2D eigenvalue weighted by atomic mass is 9.96. The van der Waals surface area contributed by atoms with Gasteiger partial charge >= 0.3 is 0 Å². The van der Waals surface area contributed by atoms with E-state index in [1.165, 1.54) is 0 Å². The first-order valence-corrected chi connectivity index (χ1v) is 7.60. The molecule has 0 aromatic heterocycles. The van der Waals surface area contributed by atoms with Gasteiger partial charge in [-0.05, 0) is 36.6 Å². The van der Waals surface area contributed by atoms with Crippen molar-refractivity contribution in [2.45, 2.75) is 25.0 Å². The van der Waals surface area contributed by atoms with Crippen LogP contribution < -0.4 is 10.5 Å². The summed E-state index contributed by atoms with van der Waals surface area (Å²) in [6, 6.07) is 6.17. The highest BCUT2D eigenvalue weighted by molar-refractivity contribution is 9.10. The molecule has 2 rings (SSSR count). The Kier molecular flexibility index (Phi) is 4.16. The monoisotopic (exact) mass is 301 g/mol. The van der Waals surface area contributed by atoms with Crippen molar-refractivity contribution in [1.29, 1.82) is 0 Å². The number of thioether (sulfide) groups is 1. The SMILES string of the molecule is CSCCC1C[C@H](N)c2cc(Br)ccc2O1. The van der Waals surface area contributed by atoms with Crippen molar-refractivity contribution < 1.29 is 4.74 Å². The number of ether oxygens (including phenoxy) is 1. The average molecular weight is 302 g/mol. The highest BCUT2D eigenvalue weighted by atomic mass is 79.9. The molecule has 1 aromatic rings. The topological polar surface area (TPSA) is 35.2 Å². The summed E-state index contributed by atoms with van der Waals surface area (Å²) in [4.78, 5) is 0. The standard InChI is InChI=1S/C12H16BrNOS/c1-16-5-4-9-7-11(14)10-6-8(13)2-3-12(10)15-9/h2-3,6,9,11H,4-5,7,14H2,1H3/t9?,11-/m0/s1. The van der Waals surface area contributed by atoms with E-state index >= 15 is 0 Å². The molecule has 1 aromatic carbocycles. The maximum absolute atomic E-state index is 6.17. The van der Waals surface area contributed by atoms with Crippen LogP contribution in [0.25, 0.3) is 0 Å². The summed E-state index contributed by atoms with van der Waals surface area (Å²) in [5, 5.41) is 0. The fourth-order valence-corrected chi connectivity index (χ4v) is 2.86. The normalized spacial score (nSPS) is 23.7. The summed E-state index contributed by atoms with van der Waals surface area (Å²) in [5.74, 6) is 2.08. The number of hydrogen-bond acceptors (Lipinski definition) is 3. The molecule has 2 N–H and O–H groups in total. The predicted molar refractivity (Wildman–Crippen MR) is 73.1 cm³/mol. The molecule has 2 atom stereocenters. The minimum absolute atomic E-state index is 0.105. The van der Waals surface area contributed by atoms with Crippen LogP contribution in [0.5, 0.6) is 5.75 Å². The van der Waals surface area contributed by atoms with Gasteiger partial charge in [0.25, 0.3) is 0 Å². The summed E-state index contributed by atoms with van der Waals surface area (Å²) in [6.07, 6.45) is 4.39. The summed E-state index contributed by atoms with van der Waals surface area (Å²) < 4.78 is 7.01. The van der Waals surface area contributed by atoms with Crippen LogP contribution in [0, 0.1) is 0 Å². The minimum atomic E-state index is 0.105. The van der Waals surface area contributed by atoms with E-state index in [0.29, 0.717) is 0 Å². The molecule has 88 valence electrons. The van der Waals surface area contributed by atoms with Gasteiger partial charge in [-0.3, -0.25) is 0 Å². The molecular weight excluding hydrogens is 286 g/mol. The van der Waals surface area contributed by atoms with Crippen molar-refractivity contribution >= 4 is 27.7 Å². The number of rotatable bonds is 3. The molecule has 0 saturated heterocycles. The molecule has 0 bridgehead atoms. The third-order valence-electron chi connectivity index (χ3n) is 2.83. The Labute approximate surface area is 109 Å². The van der Waals surface area contributed by atoms with E-state index in [1.807, 2.05) is 23.9 Å². The van der Waals surface area contributed by atoms with Crippen LogP contribution in [0.4, 0.5) is 0 Å². The largest absolute Gasteiger partial charge is 0.490 e. The molecule has 0 saturated carbocycles. The van der Waals surface area contributed by atoms with E-state index in [-0.39, 0.29) is 12.1 Å². The zero-order chi connectivity index (χ0) is 11.5. The van der Waals surface area contributed by atoms with Gasteiger partial charge in [0.1, 0.15) is 11.9 Å². The zero-order valence-electron chi connectivity index (χ0n) is 9.28. The molecule has 0 fully saturated rings. The smallest absolute Gasteiger partial charge is 0.124 e. The number of nitrogens with two attached hydrogens (primary N) is 1. The molecule has 16 heavy (non-hydrogen) atoms. The van der Waals surface area contributed by atoms with Crippen LogP contribution in [0.1, 0.15) is 24.4 Å². The first-order chi connectivity index (χ1) is 7.70. The molecule has 0 radical (unpaired) electrons. The quantitative estimate of drug-likeness (QED) is 0.930. The van der Waals surface area contributed by atoms with Crippen LogP contribution in [0.15, 0.2) is 22.7 Å². The van der Waals surface area contributed by atoms with E-state index in [9.17, 15) is 0 Å². The first-order valence-electron chi connectivity index (χ1n) is 5.41. The van der Waals surface area contributed by atoms with Gasteiger partial charge in [-0.25, -0.2) is 0 Å². The van der Waals surface area contributed by atoms with Crippen molar-refractivity contribution in [3.05, 3.63) is 28.2 Å². The fraction of sp³-hybridized carbons (Fsp3) is 0.500. The number of halogens is 1. The number of hydrogen-bond donors (Lipinski definition) is 1. The molecular formula is C12H16BrNOS. The molecule has 0 amide bonds. The van der Waals surface area contributed by atoms with Crippen molar-refractivity contribution in [1.82, 2.24) is 0 Å². The minimum Gasteiger partial charge on any atom is -0.490 e. The van der Waals surface area contributed by atoms with E-state index in [0.717, 1.165) is 34.4 Å². The zero-order valence-corrected chi connectivity index (χ0v) is 11.7. The second-order valence-corrected chi connectivity index (χ2v) is 5.95. The average Bonchev–Trinajstić information content (AvgIpc) is 2.27. The van der Waals surface area contributed by atoms with E-state index in [4.69, 9.17) is 10.5 Å². The van der Waals surface area contributed by atoms with E-state index < -0.39 is 0 Å². The third kappa shape index (κ3) is 2.73. The Hall–Kier alpha value is -0.190. The summed E-state index contributed by atoms with van der Waals surface area (Å²) in [5.41, 5.74) is 7.29. The Bertz CT molecular complexity index is 372. The molecule has 4 heteroatoms. The first kappa shape index (κ1) is 12.3. The Morgan fingerprint density at radius 3 is 3.12 bits per heavy atom. The Morgan fingerprint density at radius 2 is 2.38 bits per heavy atom. The molecule has 2 nitrogen and oxygen atoms in total. The van der Waals surface area contributed by atoms with E-state index in [1.54, 1.807) is 0 Å². The van der Waals surface area contributed by atoms with Crippen LogP contribution in [-0.4, -0.2) is 18.1 Å². The van der Waals surface area contributed by atoms with E-state index in [2.05, 4.69) is 28.3 Å². The lowest BCUT2D eigenvalue weighted by molar-refractivity contribution is 0.156. The van der Waals surface area contributed by atoms with Gasteiger partial charge in [0.15, 0.2) is 0 Å².